The van der Waals surface area contributed by atoms with Crippen LogP contribution in [0.25, 0.3) is 0 Å². The molecule has 1 saturated heterocycles. The first kappa shape index (κ1) is 26.1. The maximum atomic E-state index is 13.6. The second-order valence-corrected chi connectivity index (χ2v) is 9.58. The lowest BCUT2D eigenvalue weighted by atomic mass is 9.77. The first-order valence-electron chi connectivity index (χ1n) is 12.0. The van der Waals surface area contributed by atoms with Gasteiger partial charge in [0.05, 0.1) is 17.7 Å². The number of benzene rings is 2. The largest absolute Gasteiger partial charge is 0.416 e. The standard InChI is InChI=1S/C26H29F4N3O3/c27-20-6-2-4-18(14-20)25(36)10-7-22(8-11-25)33-12-9-21(16-33)32-23(34)15-31-24(35)17-3-1-5-19(13-17)26(28,29)30/h1-6,13-14,21-22,36H,7-12,15-16H2,(H,31,35)(H,32,34)/t21-,22?,25?/m1/s1. The molecule has 4 rings (SSSR count). The first-order chi connectivity index (χ1) is 17.0. The van der Waals surface area contributed by atoms with E-state index in [0.29, 0.717) is 24.9 Å². The average Bonchev–Trinajstić information content (AvgIpc) is 3.31. The van der Waals surface area contributed by atoms with Crippen LogP contribution in [0.2, 0.25) is 0 Å². The molecule has 1 atom stereocenters. The Morgan fingerprint density at radius 3 is 2.47 bits per heavy atom. The predicted molar refractivity (Wildman–Crippen MR) is 124 cm³/mol. The van der Waals surface area contributed by atoms with Gasteiger partial charge in [0.1, 0.15) is 5.82 Å². The quantitative estimate of drug-likeness (QED) is 0.522. The third-order valence-electron chi connectivity index (χ3n) is 7.11. The van der Waals surface area contributed by atoms with E-state index < -0.39 is 29.2 Å². The Bertz CT molecular complexity index is 1100. The molecule has 1 aliphatic carbocycles. The first-order valence-corrected chi connectivity index (χ1v) is 12.0. The molecule has 6 nitrogen and oxygen atoms in total. The number of hydrogen-bond donors (Lipinski definition) is 3. The summed E-state index contributed by atoms with van der Waals surface area (Å²) in [6.07, 6.45) is -1.27. The van der Waals surface area contributed by atoms with E-state index in [-0.39, 0.29) is 30.0 Å². The highest BCUT2D eigenvalue weighted by molar-refractivity contribution is 5.96. The minimum absolute atomic E-state index is 0.105. The monoisotopic (exact) mass is 507 g/mol. The molecule has 10 heteroatoms. The van der Waals surface area contributed by atoms with Crippen molar-refractivity contribution in [2.24, 2.45) is 0 Å². The van der Waals surface area contributed by atoms with E-state index in [1.54, 1.807) is 12.1 Å². The highest BCUT2D eigenvalue weighted by Gasteiger charge is 2.38. The van der Waals surface area contributed by atoms with E-state index in [1.165, 1.54) is 18.2 Å². The summed E-state index contributed by atoms with van der Waals surface area (Å²) in [5.74, 6) is -1.53. The molecule has 0 aromatic heterocycles. The number of hydrogen-bond acceptors (Lipinski definition) is 4. The van der Waals surface area contributed by atoms with Gasteiger partial charge in [0, 0.05) is 30.7 Å². The van der Waals surface area contributed by atoms with E-state index in [0.717, 1.165) is 44.0 Å². The van der Waals surface area contributed by atoms with Gasteiger partial charge < -0.3 is 15.7 Å². The summed E-state index contributed by atoms with van der Waals surface area (Å²) in [5, 5.41) is 16.2. The van der Waals surface area contributed by atoms with Gasteiger partial charge in [0.15, 0.2) is 0 Å². The van der Waals surface area contributed by atoms with Gasteiger partial charge in [0.2, 0.25) is 5.91 Å². The number of halogens is 4. The van der Waals surface area contributed by atoms with Crippen LogP contribution in [-0.2, 0) is 16.6 Å². The van der Waals surface area contributed by atoms with Crippen LogP contribution in [0.15, 0.2) is 48.5 Å². The van der Waals surface area contributed by atoms with E-state index in [2.05, 4.69) is 15.5 Å². The lowest BCUT2D eigenvalue weighted by molar-refractivity contribution is -0.137. The number of rotatable bonds is 6. The van der Waals surface area contributed by atoms with Crippen molar-refractivity contribution in [3.63, 3.8) is 0 Å². The number of nitrogens with one attached hydrogen (secondary N) is 2. The Morgan fingerprint density at radius 2 is 1.78 bits per heavy atom. The third kappa shape index (κ3) is 6.22. The van der Waals surface area contributed by atoms with Crippen molar-refractivity contribution in [1.82, 2.24) is 15.5 Å². The summed E-state index contributed by atoms with van der Waals surface area (Å²) in [6.45, 7) is 1.08. The Morgan fingerprint density at radius 1 is 1.06 bits per heavy atom. The topological polar surface area (TPSA) is 81.7 Å². The predicted octanol–water partition coefficient (Wildman–Crippen LogP) is 3.60. The van der Waals surface area contributed by atoms with Crippen molar-refractivity contribution in [2.75, 3.05) is 19.6 Å². The lowest BCUT2D eigenvalue weighted by Gasteiger charge is -2.40. The molecule has 36 heavy (non-hydrogen) atoms. The molecule has 2 amide bonds. The summed E-state index contributed by atoms with van der Waals surface area (Å²) in [6, 6.07) is 10.3. The second kappa shape index (κ2) is 10.6. The van der Waals surface area contributed by atoms with Crippen LogP contribution in [0.1, 0.15) is 53.6 Å². The Hall–Kier alpha value is -2.98. The maximum Gasteiger partial charge on any atom is 0.416 e. The number of carbonyl (C=O) groups is 2. The van der Waals surface area contributed by atoms with Crippen LogP contribution in [0.4, 0.5) is 17.6 Å². The lowest BCUT2D eigenvalue weighted by Crippen LogP contribution is -2.45. The van der Waals surface area contributed by atoms with Gasteiger partial charge in [0.25, 0.3) is 5.91 Å². The summed E-state index contributed by atoms with van der Waals surface area (Å²) < 4.78 is 52.1. The molecule has 1 saturated carbocycles. The van der Waals surface area contributed by atoms with Crippen molar-refractivity contribution in [3.05, 3.63) is 71.0 Å². The van der Waals surface area contributed by atoms with Crippen LogP contribution < -0.4 is 10.6 Å². The Labute approximate surface area is 206 Å². The molecule has 3 N–H and O–H groups in total. The molecule has 0 unspecified atom stereocenters. The number of alkyl halides is 3. The van der Waals surface area contributed by atoms with Gasteiger partial charge in [-0.2, -0.15) is 13.2 Å². The van der Waals surface area contributed by atoms with Crippen molar-refractivity contribution in [2.45, 2.75) is 56.0 Å². The van der Waals surface area contributed by atoms with Crippen LogP contribution in [0.5, 0.6) is 0 Å². The summed E-state index contributed by atoms with van der Waals surface area (Å²) >= 11 is 0. The molecule has 0 spiro atoms. The average molecular weight is 508 g/mol. The van der Waals surface area contributed by atoms with Crippen LogP contribution in [0.3, 0.4) is 0 Å². The van der Waals surface area contributed by atoms with Crippen molar-refractivity contribution < 1.29 is 32.3 Å². The summed E-state index contributed by atoms with van der Waals surface area (Å²) in [7, 11) is 0. The van der Waals surface area contributed by atoms with E-state index in [4.69, 9.17) is 0 Å². The highest BCUT2D eigenvalue weighted by atomic mass is 19.4. The molecular formula is C26H29F4N3O3. The van der Waals surface area contributed by atoms with Crippen LogP contribution in [-0.4, -0.2) is 53.5 Å². The molecule has 0 radical (unpaired) electrons. The zero-order valence-corrected chi connectivity index (χ0v) is 19.7. The van der Waals surface area contributed by atoms with Gasteiger partial charge in [-0.25, -0.2) is 4.39 Å². The SMILES string of the molecule is O=C(CNC(=O)c1cccc(C(F)(F)F)c1)N[C@@H]1CCN(C2CCC(O)(c3cccc(F)c3)CC2)C1. The third-order valence-corrected chi connectivity index (χ3v) is 7.11. The summed E-state index contributed by atoms with van der Waals surface area (Å²) in [4.78, 5) is 26.8. The Kier molecular flexibility index (Phi) is 7.65. The molecule has 0 bridgehead atoms. The van der Waals surface area contributed by atoms with E-state index in [9.17, 15) is 32.3 Å². The van der Waals surface area contributed by atoms with E-state index >= 15 is 0 Å². The fraction of sp³-hybridized carbons (Fsp3) is 0.462. The van der Waals surface area contributed by atoms with Gasteiger partial charge in [-0.3, -0.25) is 14.5 Å². The number of aliphatic hydroxyl groups is 1. The number of nitrogens with zero attached hydrogens (tertiary/aromatic N) is 1. The normalized spacial score (nSPS) is 24.9. The van der Waals surface area contributed by atoms with Crippen molar-refractivity contribution >= 4 is 11.8 Å². The minimum Gasteiger partial charge on any atom is -0.385 e. The molecule has 1 heterocycles. The second-order valence-electron chi connectivity index (χ2n) is 9.58. The summed E-state index contributed by atoms with van der Waals surface area (Å²) in [5.41, 5.74) is -1.54. The Balaban J connectivity index is 1.22. The molecule has 2 fully saturated rings. The molecule has 194 valence electrons. The molecule has 2 aliphatic rings. The molecule has 2 aromatic carbocycles. The smallest absolute Gasteiger partial charge is 0.385 e. The van der Waals surface area contributed by atoms with Gasteiger partial charge >= 0.3 is 6.18 Å². The van der Waals surface area contributed by atoms with Gasteiger partial charge in [-0.05, 0) is 68.0 Å². The van der Waals surface area contributed by atoms with Crippen LogP contribution in [0, 0.1) is 5.82 Å². The molecular weight excluding hydrogens is 478 g/mol. The fourth-order valence-corrected chi connectivity index (χ4v) is 5.13. The van der Waals surface area contributed by atoms with Crippen molar-refractivity contribution in [3.8, 4) is 0 Å². The number of carbonyl (C=O) groups excluding carboxylic acids is 2. The maximum absolute atomic E-state index is 13.6. The highest BCUT2D eigenvalue weighted by Crippen LogP contribution is 2.39. The van der Waals surface area contributed by atoms with Gasteiger partial charge in [-0.1, -0.05) is 18.2 Å². The minimum atomic E-state index is -4.56. The van der Waals surface area contributed by atoms with Crippen molar-refractivity contribution in [1.29, 1.82) is 0 Å². The fourth-order valence-electron chi connectivity index (χ4n) is 5.13. The van der Waals surface area contributed by atoms with E-state index in [1.807, 2.05) is 0 Å². The van der Waals surface area contributed by atoms with Crippen LogP contribution >= 0.6 is 0 Å². The number of likely N-dealkylation sites (tertiary alicyclic amines) is 1. The number of amides is 2. The molecule has 2 aromatic rings. The zero-order chi connectivity index (χ0) is 25.9. The van der Waals surface area contributed by atoms with Gasteiger partial charge in [-0.15, -0.1) is 0 Å². The zero-order valence-electron chi connectivity index (χ0n) is 19.7. The molecule has 1 aliphatic heterocycles.